The van der Waals surface area contributed by atoms with Crippen molar-refractivity contribution in [2.45, 2.75) is 31.8 Å². The number of amides is 2. The Balaban J connectivity index is 1.43. The molecule has 1 saturated carbocycles. The maximum atomic E-state index is 12.4. The highest BCUT2D eigenvalue weighted by Crippen LogP contribution is 2.31. The number of nitrogens with zero attached hydrogens (tertiary/aromatic N) is 1. The molecule has 2 aromatic rings. The second-order valence-corrected chi connectivity index (χ2v) is 6.89. The van der Waals surface area contributed by atoms with Crippen molar-refractivity contribution >= 4 is 22.5 Å². The van der Waals surface area contributed by atoms with Crippen molar-refractivity contribution in [3.63, 3.8) is 0 Å². The van der Waals surface area contributed by atoms with Gasteiger partial charge in [0.1, 0.15) is 0 Å². The van der Waals surface area contributed by atoms with Gasteiger partial charge in [-0.2, -0.15) is 0 Å². The molecule has 1 aliphatic carbocycles. The second kappa shape index (κ2) is 5.85. The number of hydrogen-bond donors (Lipinski definition) is 2. The monoisotopic (exact) mass is 309 g/mol. The Morgan fingerprint density at radius 3 is 2.70 bits per heavy atom. The van der Waals surface area contributed by atoms with E-state index in [4.69, 9.17) is 0 Å². The van der Waals surface area contributed by atoms with Crippen LogP contribution < -0.4 is 10.6 Å². The van der Waals surface area contributed by atoms with E-state index in [1.807, 2.05) is 30.3 Å². The van der Waals surface area contributed by atoms with E-state index >= 15 is 0 Å². The molecule has 4 nitrogen and oxygen atoms in total. The zero-order valence-electron chi connectivity index (χ0n) is 13.5. The third kappa shape index (κ3) is 3.04. The minimum atomic E-state index is -0.101. The van der Waals surface area contributed by atoms with Crippen molar-refractivity contribution in [3.8, 4) is 0 Å². The molecular formula is C19H23N3O. The minimum absolute atomic E-state index is 0.101. The number of rotatable bonds is 3. The largest absolute Gasteiger partial charge is 0.334 e. The molecule has 0 spiro atoms. The molecule has 1 aliphatic heterocycles. The van der Waals surface area contributed by atoms with Crippen molar-refractivity contribution in [3.05, 3.63) is 42.5 Å². The van der Waals surface area contributed by atoms with Crippen molar-refractivity contribution in [2.24, 2.45) is 5.92 Å². The topological polar surface area (TPSA) is 44.4 Å². The lowest BCUT2D eigenvalue weighted by atomic mass is 10.1. The van der Waals surface area contributed by atoms with E-state index in [-0.39, 0.29) is 12.1 Å². The molecule has 2 aromatic carbocycles. The van der Waals surface area contributed by atoms with Crippen LogP contribution in [0.15, 0.2) is 42.5 Å². The molecule has 2 N–H and O–H groups in total. The van der Waals surface area contributed by atoms with Crippen molar-refractivity contribution < 1.29 is 4.79 Å². The lowest BCUT2D eigenvalue weighted by Crippen LogP contribution is -2.42. The van der Waals surface area contributed by atoms with E-state index in [2.05, 4.69) is 34.6 Å². The van der Waals surface area contributed by atoms with Crippen molar-refractivity contribution in [1.82, 2.24) is 10.2 Å². The predicted molar refractivity (Wildman–Crippen MR) is 93.6 cm³/mol. The van der Waals surface area contributed by atoms with Crippen LogP contribution in [0, 0.1) is 5.92 Å². The van der Waals surface area contributed by atoms with Crippen LogP contribution in [0.1, 0.15) is 19.8 Å². The first-order valence-corrected chi connectivity index (χ1v) is 8.50. The Bertz CT molecular complexity index is 720. The second-order valence-electron chi connectivity index (χ2n) is 6.89. The Morgan fingerprint density at radius 1 is 1.09 bits per heavy atom. The third-order valence-electron chi connectivity index (χ3n) is 5.06. The molecule has 1 saturated heterocycles. The van der Waals surface area contributed by atoms with Gasteiger partial charge in [0.15, 0.2) is 0 Å². The first-order chi connectivity index (χ1) is 11.2. The van der Waals surface area contributed by atoms with Gasteiger partial charge >= 0.3 is 6.03 Å². The van der Waals surface area contributed by atoms with E-state index in [0.29, 0.717) is 5.92 Å². The number of carbonyl (C=O) groups is 1. The molecule has 0 unspecified atom stereocenters. The molecule has 4 heteroatoms. The van der Waals surface area contributed by atoms with Crippen LogP contribution in [-0.4, -0.2) is 36.1 Å². The third-order valence-corrected chi connectivity index (χ3v) is 5.06. The average molecular weight is 309 g/mol. The molecule has 4 rings (SSSR count). The lowest BCUT2D eigenvalue weighted by Gasteiger charge is -2.18. The molecular weight excluding hydrogens is 286 g/mol. The van der Waals surface area contributed by atoms with Crippen LogP contribution in [0.25, 0.3) is 10.8 Å². The standard InChI is InChI=1S/C19H23N3O/c1-13-11-22(15-9-10-15)12-18(13)21-19(23)20-17-8-4-6-14-5-2-3-7-16(14)17/h2-8,13,15,18H,9-12H2,1H3,(H2,20,21,23)/t13-,18+/m1/s1. The van der Waals surface area contributed by atoms with Gasteiger partial charge in [-0.1, -0.05) is 43.3 Å². The average Bonchev–Trinajstić information content (AvgIpc) is 3.33. The molecule has 1 heterocycles. The van der Waals surface area contributed by atoms with Gasteiger partial charge in [0.2, 0.25) is 0 Å². The summed E-state index contributed by atoms with van der Waals surface area (Å²) in [6, 6.07) is 15.0. The van der Waals surface area contributed by atoms with Gasteiger partial charge in [-0.15, -0.1) is 0 Å². The first kappa shape index (κ1) is 14.5. The van der Waals surface area contributed by atoms with Gasteiger partial charge in [-0.3, -0.25) is 4.90 Å². The number of fused-ring (bicyclic) bond motifs is 1. The highest BCUT2D eigenvalue weighted by Gasteiger charge is 2.38. The molecule has 2 atom stereocenters. The quantitative estimate of drug-likeness (QED) is 0.912. The minimum Gasteiger partial charge on any atom is -0.334 e. The summed E-state index contributed by atoms with van der Waals surface area (Å²) in [4.78, 5) is 14.9. The Labute approximate surface area is 136 Å². The molecule has 2 amide bonds. The number of anilines is 1. The smallest absolute Gasteiger partial charge is 0.319 e. The fourth-order valence-electron chi connectivity index (χ4n) is 3.59. The van der Waals surface area contributed by atoms with Crippen molar-refractivity contribution in [1.29, 1.82) is 0 Å². The molecule has 2 aliphatic rings. The zero-order valence-corrected chi connectivity index (χ0v) is 13.5. The summed E-state index contributed by atoms with van der Waals surface area (Å²) in [6.45, 7) is 4.31. The van der Waals surface area contributed by atoms with Crippen LogP contribution in [0.4, 0.5) is 10.5 Å². The molecule has 0 bridgehead atoms. The zero-order chi connectivity index (χ0) is 15.8. The lowest BCUT2D eigenvalue weighted by molar-refractivity contribution is 0.246. The fourth-order valence-corrected chi connectivity index (χ4v) is 3.59. The number of carbonyl (C=O) groups excluding carboxylic acids is 1. The number of benzene rings is 2. The van der Waals surface area contributed by atoms with Crippen LogP contribution in [0.3, 0.4) is 0 Å². The van der Waals surface area contributed by atoms with Gasteiger partial charge in [0.25, 0.3) is 0 Å². The molecule has 2 fully saturated rings. The SMILES string of the molecule is C[C@@H]1CN(C2CC2)C[C@@H]1NC(=O)Nc1cccc2ccccc12. The Kier molecular flexibility index (Phi) is 3.69. The summed E-state index contributed by atoms with van der Waals surface area (Å²) < 4.78 is 0. The summed E-state index contributed by atoms with van der Waals surface area (Å²) >= 11 is 0. The van der Waals surface area contributed by atoms with Gasteiger partial charge < -0.3 is 10.6 Å². The maximum absolute atomic E-state index is 12.4. The van der Waals surface area contributed by atoms with E-state index < -0.39 is 0 Å². The van der Waals surface area contributed by atoms with Crippen LogP contribution in [0.5, 0.6) is 0 Å². The van der Waals surface area contributed by atoms with Crippen LogP contribution >= 0.6 is 0 Å². The predicted octanol–water partition coefficient (Wildman–Crippen LogP) is 3.44. The summed E-state index contributed by atoms with van der Waals surface area (Å²) in [7, 11) is 0. The number of nitrogens with one attached hydrogen (secondary N) is 2. The van der Waals surface area contributed by atoms with Gasteiger partial charge in [0, 0.05) is 30.6 Å². The van der Waals surface area contributed by atoms with Crippen LogP contribution in [-0.2, 0) is 0 Å². The van der Waals surface area contributed by atoms with E-state index in [9.17, 15) is 4.79 Å². The molecule has 23 heavy (non-hydrogen) atoms. The van der Waals surface area contributed by atoms with E-state index in [0.717, 1.165) is 35.6 Å². The van der Waals surface area contributed by atoms with E-state index in [1.54, 1.807) is 0 Å². The van der Waals surface area contributed by atoms with Crippen molar-refractivity contribution in [2.75, 3.05) is 18.4 Å². The van der Waals surface area contributed by atoms with Gasteiger partial charge in [0.05, 0.1) is 5.69 Å². The molecule has 120 valence electrons. The summed E-state index contributed by atoms with van der Waals surface area (Å²) in [5.41, 5.74) is 0.866. The van der Waals surface area contributed by atoms with Gasteiger partial charge in [-0.05, 0) is 30.2 Å². The number of urea groups is 1. The highest BCUT2D eigenvalue weighted by atomic mass is 16.2. The Morgan fingerprint density at radius 2 is 1.87 bits per heavy atom. The fraction of sp³-hybridized carbons (Fsp3) is 0.421. The van der Waals surface area contributed by atoms with E-state index in [1.165, 1.54) is 12.8 Å². The Hall–Kier alpha value is -2.07. The van der Waals surface area contributed by atoms with Crippen LogP contribution in [0.2, 0.25) is 0 Å². The number of likely N-dealkylation sites (tertiary alicyclic amines) is 1. The summed E-state index contributed by atoms with van der Waals surface area (Å²) in [5.74, 6) is 0.508. The molecule has 0 radical (unpaired) electrons. The summed E-state index contributed by atoms with van der Waals surface area (Å²) in [6.07, 6.45) is 2.64. The highest BCUT2D eigenvalue weighted by molar-refractivity contribution is 6.01. The number of hydrogen-bond acceptors (Lipinski definition) is 2. The molecule has 0 aromatic heterocycles. The first-order valence-electron chi connectivity index (χ1n) is 8.50. The van der Waals surface area contributed by atoms with Gasteiger partial charge in [-0.25, -0.2) is 4.79 Å². The normalized spacial score (nSPS) is 24.7. The summed E-state index contributed by atoms with van der Waals surface area (Å²) in [5, 5.41) is 8.40. The maximum Gasteiger partial charge on any atom is 0.319 e.